The predicted molar refractivity (Wildman–Crippen MR) is 217 cm³/mol. The van der Waals surface area contributed by atoms with Gasteiger partial charge in [-0.3, -0.25) is 23.7 Å². The third-order valence-corrected chi connectivity index (χ3v) is 11.5. The maximum Gasteiger partial charge on any atom is 0.251 e. The molecule has 1 aliphatic carbocycles. The largest absolute Gasteiger partial charge is 0.348 e. The van der Waals surface area contributed by atoms with Gasteiger partial charge in [0.25, 0.3) is 11.8 Å². The molecule has 4 N–H and O–H groups in total. The van der Waals surface area contributed by atoms with Gasteiger partial charge in [0, 0.05) is 37.0 Å². The monoisotopic (exact) mass is 766 g/mol. The second-order valence-electron chi connectivity index (χ2n) is 14.7. The van der Waals surface area contributed by atoms with Crippen molar-refractivity contribution >= 4 is 33.4 Å². The Morgan fingerprint density at radius 1 is 0.800 bits per heavy atom. The number of hydrogen-bond acceptors (Lipinski definition) is 7. The lowest BCUT2D eigenvalue weighted by Gasteiger charge is -2.28. The van der Waals surface area contributed by atoms with Gasteiger partial charge in [0.05, 0.1) is 35.8 Å². The van der Waals surface area contributed by atoms with Crippen molar-refractivity contribution < 1.29 is 22.8 Å². The van der Waals surface area contributed by atoms with E-state index < -0.39 is 33.9 Å². The molecule has 0 radical (unpaired) electrons. The number of nitrogens with one attached hydrogen (secondary N) is 4. The number of carbonyl (C=O) groups is 3. The Morgan fingerprint density at radius 3 is 2.04 bits per heavy atom. The first-order valence-electron chi connectivity index (χ1n) is 19.1. The van der Waals surface area contributed by atoms with E-state index in [0.29, 0.717) is 12.3 Å². The first kappa shape index (κ1) is 41.1. The average Bonchev–Trinajstić information content (AvgIpc) is 3.20. The van der Waals surface area contributed by atoms with Crippen molar-refractivity contribution in [2.24, 2.45) is 5.92 Å². The summed E-state index contributed by atoms with van der Waals surface area (Å²) in [5.74, 6) is -0.571. The van der Waals surface area contributed by atoms with E-state index in [4.69, 9.17) is 0 Å². The number of benzene rings is 3. The molecule has 5 rings (SSSR count). The van der Waals surface area contributed by atoms with Crippen molar-refractivity contribution in [2.75, 3.05) is 24.2 Å². The Bertz CT molecular complexity index is 1970. The minimum atomic E-state index is -3.71. The molecule has 1 unspecified atom stereocenters. The van der Waals surface area contributed by atoms with Crippen molar-refractivity contribution in [3.8, 4) is 0 Å². The first-order valence-corrected chi connectivity index (χ1v) is 21.0. The van der Waals surface area contributed by atoms with Crippen molar-refractivity contribution in [2.45, 2.75) is 83.0 Å². The molecule has 1 heterocycles. The van der Waals surface area contributed by atoms with E-state index in [0.717, 1.165) is 46.6 Å². The maximum absolute atomic E-state index is 14.0. The molecule has 1 aliphatic rings. The van der Waals surface area contributed by atoms with Crippen LogP contribution in [0.4, 0.5) is 5.69 Å². The van der Waals surface area contributed by atoms with Crippen LogP contribution in [0.15, 0.2) is 103 Å². The smallest absolute Gasteiger partial charge is 0.251 e. The molecule has 292 valence electrons. The summed E-state index contributed by atoms with van der Waals surface area (Å²) in [5, 5.41) is 12.6. The molecule has 0 bridgehead atoms. The maximum atomic E-state index is 14.0. The van der Waals surface area contributed by atoms with Crippen molar-refractivity contribution in [3.05, 3.63) is 131 Å². The van der Waals surface area contributed by atoms with Crippen molar-refractivity contribution in [1.82, 2.24) is 26.3 Å². The summed E-state index contributed by atoms with van der Waals surface area (Å²) in [6.45, 7) is 3.92. The number of anilines is 1. The van der Waals surface area contributed by atoms with Crippen LogP contribution in [0.25, 0.3) is 0 Å². The van der Waals surface area contributed by atoms with Gasteiger partial charge in [-0.25, -0.2) is 8.42 Å². The number of sulfonamides is 1. The number of carbonyl (C=O) groups excluding carboxylic acids is 3. The quantitative estimate of drug-likeness (QED) is 0.101. The van der Waals surface area contributed by atoms with E-state index in [1.54, 1.807) is 13.1 Å². The highest BCUT2D eigenvalue weighted by Gasteiger charge is 2.26. The van der Waals surface area contributed by atoms with Gasteiger partial charge in [-0.1, -0.05) is 98.8 Å². The zero-order chi connectivity index (χ0) is 39.4. The molecule has 11 nitrogen and oxygen atoms in total. The van der Waals surface area contributed by atoms with Crippen molar-refractivity contribution in [1.29, 1.82) is 0 Å². The summed E-state index contributed by atoms with van der Waals surface area (Å²) in [5.41, 5.74) is 3.15. The standard InChI is InChI=1S/C43H54N6O5S/c1-30(34-20-12-7-13-21-34)46-42(51)35-26-36(28-38(27-35)49(3)55(4,53)54)43(52)47-37(24-32-16-8-5-9-17-32)29-45-31(2)41(50)48-40(39-22-14-15-23-44-39)25-33-18-10-6-11-19-33/h5,7-9,12-17,20-23,26-28,30-31,33,37,40,45H,6,10-11,18-19,24-25,29H2,1-4H3,(H,46,51)(H,47,52)(H,48,50)/t30-,31+,37+,40?/m1/s1. The van der Waals surface area contributed by atoms with Gasteiger partial charge in [0.1, 0.15) is 0 Å². The summed E-state index contributed by atoms with van der Waals surface area (Å²) in [4.78, 5) is 45.8. The fourth-order valence-corrected chi connectivity index (χ4v) is 7.48. The summed E-state index contributed by atoms with van der Waals surface area (Å²) < 4.78 is 26.2. The summed E-state index contributed by atoms with van der Waals surface area (Å²) in [6, 6.07) is 27.7. The van der Waals surface area contributed by atoms with Crippen LogP contribution < -0.4 is 25.6 Å². The lowest BCUT2D eigenvalue weighted by molar-refractivity contribution is -0.123. The Morgan fingerprint density at radius 2 is 1.42 bits per heavy atom. The normalized spacial score (nSPS) is 15.6. The molecule has 55 heavy (non-hydrogen) atoms. The molecular weight excluding hydrogens is 713 g/mol. The minimum absolute atomic E-state index is 0.121. The summed E-state index contributed by atoms with van der Waals surface area (Å²) >= 11 is 0. The van der Waals surface area contributed by atoms with Crippen LogP contribution in [-0.4, -0.2) is 63.1 Å². The third-order valence-electron chi connectivity index (χ3n) is 10.3. The van der Waals surface area contributed by atoms with Gasteiger partial charge in [0.2, 0.25) is 15.9 Å². The number of nitrogens with zero attached hydrogens (tertiary/aromatic N) is 2. The molecule has 3 amide bonds. The van der Waals surface area contributed by atoms with Gasteiger partial charge in [-0.05, 0) is 74.1 Å². The summed E-state index contributed by atoms with van der Waals surface area (Å²) in [6.07, 6.45) is 10.1. The van der Waals surface area contributed by atoms with E-state index in [1.807, 2.05) is 85.8 Å². The lowest BCUT2D eigenvalue weighted by Crippen LogP contribution is -2.50. The van der Waals surface area contributed by atoms with Crippen LogP contribution in [0, 0.1) is 5.92 Å². The van der Waals surface area contributed by atoms with Crippen LogP contribution in [0.5, 0.6) is 0 Å². The third kappa shape index (κ3) is 12.2. The van der Waals surface area contributed by atoms with Crippen LogP contribution in [0.1, 0.15) is 102 Å². The molecule has 1 fully saturated rings. The molecule has 0 spiro atoms. The highest BCUT2D eigenvalue weighted by molar-refractivity contribution is 7.92. The van der Waals surface area contributed by atoms with E-state index in [-0.39, 0.29) is 41.3 Å². The number of amides is 3. The zero-order valence-corrected chi connectivity index (χ0v) is 33.0. The lowest BCUT2D eigenvalue weighted by atomic mass is 9.84. The second-order valence-corrected chi connectivity index (χ2v) is 16.7. The minimum Gasteiger partial charge on any atom is -0.348 e. The average molecular weight is 767 g/mol. The molecule has 4 aromatic rings. The highest BCUT2D eigenvalue weighted by Crippen LogP contribution is 2.31. The van der Waals surface area contributed by atoms with Crippen LogP contribution in [0.3, 0.4) is 0 Å². The predicted octanol–water partition coefficient (Wildman–Crippen LogP) is 6.12. The fraction of sp³-hybridized carbons (Fsp3) is 0.395. The van der Waals surface area contributed by atoms with Crippen LogP contribution in [0.2, 0.25) is 0 Å². The molecule has 0 aliphatic heterocycles. The van der Waals surface area contributed by atoms with Gasteiger partial charge >= 0.3 is 0 Å². The molecule has 1 saturated carbocycles. The number of hydrogen-bond donors (Lipinski definition) is 4. The number of aromatic nitrogens is 1. The summed E-state index contributed by atoms with van der Waals surface area (Å²) in [7, 11) is -2.34. The van der Waals surface area contributed by atoms with E-state index in [1.165, 1.54) is 44.5 Å². The van der Waals surface area contributed by atoms with Crippen molar-refractivity contribution in [3.63, 3.8) is 0 Å². The molecule has 4 atom stereocenters. The first-order chi connectivity index (χ1) is 26.4. The van der Waals surface area contributed by atoms with Crippen LogP contribution in [-0.2, 0) is 21.2 Å². The van der Waals surface area contributed by atoms with E-state index >= 15 is 0 Å². The molecule has 1 aromatic heterocycles. The van der Waals surface area contributed by atoms with Crippen LogP contribution >= 0.6 is 0 Å². The van der Waals surface area contributed by atoms with Gasteiger partial charge in [0.15, 0.2) is 0 Å². The topological polar surface area (TPSA) is 150 Å². The number of rotatable bonds is 17. The van der Waals surface area contributed by atoms with E-state index in [2.05, 4.69) is 26.3 Å². The van der Waals surface area contributed by atoms with Gasteiger partial charge in [-0.15, -0.1) is 0 Å². The van der Waals surface area contributed by atoms with E-state index in [9.17, 15) is 22.8 Å². The Kier molecular flexibility index (Phi) is 14.6. The highest BCUT2D eigenvalue weighted by atomic mass is 32.2. The van der Waals surface area contributed by atoms with Gasteiger partial charge in [-0.2, -0.15) is 0 Å². The second kappa shape index (κ2) is 19.5. The van der Waals surface area contributed by atoms with Gasteiger partial charge < -0.3 is 21.3 Å². The Hall–Kier alpha value is -5.07. The SMILES string of the molecule is C[C@H](NC[C@H](Cc1ccccc1)NC(=O)c1cc(C(=O)N[C@H](C)c2ccccc2)cc(N(C)S(C)(=O)=O)c1)C(=O)NC(CC1CCCCC1)c1ccccn1. The molecule has 3 aromatic carbocycles. The fourth-order valence-electron chi connectivity index (χ4n) is 6.99. The molecule has 12 heteroatoms. The Labute approximate surface area is 325 Å². The molecule has 0 saturated heterocycles. The number of pyridine rings is 1. The molecular formula is C43H54N6O5S. The Balaban J connectivity index is 1.33. The zero-order valence-electron chi connectivity index (χ0n) is 32.2.